The van der Waals surface area contributed by atoms with Crippen LogP contribution in [0.25, 0.3) is 11.1 Å². The predicted octanol–water partition coefficient (Wildman–Crippen LogP) is 5.65. The standard InChI is InChI=1S/C25H21NO/c1-16-23(17-11-13-18(27-2)14-12-17)25(15-26)22-10-6-5-8-20(22)19-7-3-4-9-21(19)24(16)25/h3-14,16,23-24H,1-2H3. The summed E-state index contributed by atoms with van der Waals surface area (Å²) >= 11 is 0. The van der Waals surface area contributed by atoms with Crippen molar-refractivity contribution in [2.24, 2.45) is 5.92 Å². The van der Waals surface area contributed by atoms with Crippen LogP contribution in [0, 0.1) is 17.2 Å². The first-order valence-corrected chi connectivity index (χ1v) is 9.46. The molecule has 1 saturated carbocycles. The maximum absolute atomic E-state index is 10.5. The number of hydrogen-bond acceptors (Lipinski definition) is 2. The number of nitrogens with zero attached hydrogens (tertiary/aromatic N) is 1. The van der Waals surface area contributed by atoms with E-state index in [1.165, 1.54) is 27.8 Å². The van der Waals surface area contributed by atoms with Gasteiger partial charge in [-0.05, 0) is 45.9 Å². The van der Waals surface area contributed by atoms with Crippen molar-refractivity contribution in [1.82, 2.24) is 0 Å². The molecule has 0 bridgehead atoms. The fourth-order valence-corrected chi connectivity index (χ4v) is 5.63. The molecule has 0 saturated heterocycles. The van der Waals surface area contributed by atoms with E-state index in [1.807, 2.05) is 12.1 Å². The van der Waals surface area contributed by atoms with Crippen LogP contribution in [0.3, 0.4) is 0 Å². The highest BCUT2D eigenvalue weighted by Crippen LogP contribution is 2.70. The minimum Gasteiger partial charge on any atom is -0.497 e. The van der Waals surface area contributed by atoms with Gasteiger partial charge in [0.05, 0.1) is 18.6 Å². The Bertz CT molecular complexity index is 1060. The number of fused-ring (bicyclic) bond motifs is 6. The molecular formula is C25H21NO. The highest BCUT2D eigenvalue weighted by atomic mass is 16.5. The van der Waals surface area contributed by atoms with Crippen LogP contribution in [-0.4, -0.2) is 7.11 Å². The van der Waals surface area contributed by atoms with E-state index in [0.717, 1.165) is 5.75 Å². The SMILES string of the molecule is COc1ccc(C2C(C)C3c4ccccc4-c4ccccc4C23C#N)cc1. The number of hydrogen-bond donors (Lipinski definition) is 0. The molecule has 2 heteroatoms. The molecule has 2 aliphatic rings. The Hall–Kier alpha value is -3.05. The van der Waals surface area contributed by atoms with Gasteiger partial charge >= 0.3 is 0 Å². The fraction of sp³-hybridized carbons (Fsp3) is 0.240. The topological polar surface area (TPSA) is 33.0 Å². The summed E-state index contributed by atoms with van der Waals surface area (Å²) in [6.45, 7) is 2.29. The zero-order chi connectivity index (χ0) is 18.6. The molecule has 5 rings (SSSR count). The van der Waals surface area contributed by atoms with Gasteiger partial charge in [0.2, 0.25) is 0 Å². The van der Waals surface area contributed by atoms with Gasteiger partial charge in [-0.15, -0.1) is 0 Å². The first-order chi connectivity index (χ1) is 13.2. The van der Waals surface area contributed by atoms with E-state index < -0.39 is 5.41 Å². The van der Waals surface area contributed by atoms with Gasteiger partial charge in [0.1, 0.15) is 5.75 Å². The molecule has 0 aliphatic heterocycles. The van der Waals surface area contributed by atoms with Crippen LogP contribution in [0.2, 0.25) is 0 Å². The van der Waals surface area contributed by atoms with Gasteiger partial charge in [-0.1, -0.05) is 67.6 Å². The smallest absolute Gasteiger partial charge is 0.118 e. The molecule has 3 aromatic carbocycles. The van der Waals surface area contributed by atoms with Gasteiger partial charge in [0.25, 0.3) is 0 Å². The van der Waals surface area contributed by atoms with Crippen molar-refractivity contribution < 1.29 is 4.74 Å². The molecule has 3 aromatic rings. The largest absolute Gasteiger partial charge is 0.497 e. The molecule has 27 heavy (non-hydrogen) atoms. The van der Waals surface area contributed by atoms with Crippen LogP contribution in [0.4, 0.5) is 0 Å². The fourth-order valence-electron chi connectivity index (χ4n) is 5.63. The Morgan fingerprint density at radius 3 is 2.22 bits per heavy atom. The maximum atomic E-state index is 10.5. The lowest BCUT2D eigenvalue weighted by atomic mass is 9.40. The van der Waals surface area contributed by atoms with Crippen molar-refractivity contribution in [3.8, 4) is 22.9 Å². The van der Waals surface area contributed by atoms with E-state index in [1.54, 1.807) is 7.11 Å². The van der Waals surface area contributed by atoms with Crippen LogP contribution >= 0.6 is 0 Å². The summed E-state index contributed by atoms with van der Waals surface area (Å²) in [5.74, 6) is 1.64. The summed E-state index contributed by atoms with van der Waals surface area (Å²) in [6.07, 6.45) is 0. The van der Waals surface area contributed by atoms with Crippen LogP contribution in [0.15, 0.2) is 72.8 Å². The molecular weight excluding hydrogens is 330 g/mol. The second-order valence-electron chi connectivity index (χ2n) is 7.70. The molecule has 0 amide bonds. The highest BCUT2D eigenvalue weighted by molar-refractivity contribution is 5.80. The summed E-state index contributed by atoms with van der Waals surface area (Å²) in [5, 5.41) is 10.5. The molecule has 0 spiro atoms. The number of rotatable bonds is 2. The highest BCUT2D eigenvalue weighted by Gasteiger charge is 2.64. The van der Waals surface area contributed by atoms with E-state index in [9.17, 15) is 5.26 Å². The van der Waals surface area contributed by atoms with Crippen LogP contribution < -0.4 is 4.74 Å². The predicted molar refractivity (Wildman–Crippen MR) is 107 cm³/mol. The third kappa shape index (κ3) is 1.95. The quantitative estimate of drug-likeness (QED) is 0.597. The molecule has 0 aromatic heterocycles. The summed E-state index contributed by atoms with van der Waals surface area (Å²) < 4.78 is 5.32. The molecule has 0 heterocycles. The third-order valence-corrected chi connectivity index (χ3v) is 6.65. The normalized spacial score (nSPS) is 27.4. The number of benzene rings is 3. The van der Waals surface area contributed by atoms with E-state index >= 15 is 0 Å². The zero-order valence-electron chi connectivity index (χ0n) is 15.5. The third-order valence-electron chi connectivity index (χ3n) is 6.65. The Balaban J connectivity index is 1.74. The molecule has 4 unspecified atom stereocenters. The Kier molecular flexibility index (Phi) is 3.42. The van der Waals surface area contributed by atoms with Gasteiger partial charge in [0, 0.05) is 11.8 Å². The van der Waals surface area contributed by atoms with Crippen molar-refractivity contribution >= 4 is 0 Å². The van der Waals surface area contributed by atoms with Crippen molar-refractivity contribution in [1.29, 1.82) is 5.26 Å². The van der Waals surface area contributed by atoms with Crippen molar-refractivity contribution in [2.45, 2.75) is 24.2 Å². The average molecular weight is 351 g/mol. The van der Waals surface area contributed by atoms with Gasteiger partial charge in [-0.3, -0.25) is 0 Å². The van der Waals surface area contributed by atoms with Crippen LogP contribution in [0.5, 0.6) is 5.75 Å². The van der Waals surface area contributed by atoms with Crippen LogP contribution in [-0.2, 0) is 5.41 Å². The lowest BCUT2D eigenvalue weighted by Gasteiger charge is -2.60. The second-order valence-corrected chi connectivity index (χ2v) is 7.70. The van der Waals surface area contributed by atoms with Gasteiger partial charge in [-0.2, -0.15) is 5.26 Å². The maximum Gasteiger partial charge on any atom is 0.118 e. The molecule has 132 valence electrons. The molecule has 1 fully saturated rings. The van der Waals surface area contributed by atoms with Crippen molar-refractivity contribution in [3.05, 3.63) is 89.5 Å². The van der Waals surface area contributed by atoms with E-state index in [4.69, 9.17) is 4.74 Å². The molecule has 0 radical (unpaired) electrons. The molecule has 4 atom stereocenters. The van der Waals surface area contributed by atoms with Gasteiger partial charge < -0.3 is 4.74 Å². The minimum atomic E-state index is -0.515. The molecule has 2 aliphatic carbocycles. The van der Waals surface area contributed by atoms with Crippen molar-refractivity contribution in [3.63, 3.8) is 0 Å². The molecule has 2 nitrogen and oxygen atoms in total. The van der Waals surface area contributed by atoms with E-state index in [2.05, 4.69) is 73.7 Å². The Morgan fingerprint density at radius 1 is 0.852 bits per heavy atom. The average Bonchev–Trinajstić information content (AvgIpc) is 2.73. The Morgan fingerprint density at radius 2 is 1.52 bits per heavy atom. The van der Waals surface area contributed by atoms with Crippen LogP contribution in [0.1, 0.15) is 35.4 Å². The van der Waals surface area contributed by atoms with Gasteiger partial charge in [0.15, 0.2) is 0 Å². The summed E-state index contributed by atoms with van der Waals surface area (Å²) in [6, 6.07) is 28.1. The van der Waals surface area contributed by atoms with Gasteiger partial charge in [-0.25, -0.2) is 0 Å². The lowest BCUT2D eigenvalue weighted by molar-refractivity contribution is 0.110. The first-order valence-electron chi connectivity index (χ1n) is 9.46. The summed E-state index contributed by atoms with van der Waals surface area (Å²) in [5.41, 5.74) is 5.68. The minimum absolute atomic E-state index is 0.174. The van der Waals surface area contributed by atoms with E-state index in [-0.39, 0.29) is 11.8 Å². The lowest BCUT2D eigenvalue weighted by Crippen LogP contribution is -2.56. The molecule has 0 N–H and O–H groups in total. The zero-order valence-corrected chi connectivity index (χ0v) is 15.5. The second kappa shape index (κ2) is 5.72. The monoisotopic (exact) mass is 351 g/mol. The first kappa shape index (κ1) is 16.1. The Labute approximate surface area is 160 Å². The summed E-state index contributed by atoms with van der Waals surface area (Å²) in [4.78, 5) is 0. The number of methoxy groups -OCH3 is 1. The van der Waals surface area contributed by atoms with E-state index in [0.29, 0.717) is 5.92 Å². The number of ether oxygens (including phenoxy) is 1. The van der Waals surface area contributed by atoms with Crippen molar-refractivity contribution in [2.75, 3.05) is 7.11 Å². The number of nitriles is 1. The summed E-state index contributed by atoms with van der Waals surface area (Å²) in [7, 11) is 1.68.